The molecule has 2 fully saturated rings. The fraction of sp³-hybridized carbons (Fsp3) is 1.00. The van der Waals surface area contributed by atoms with E-state index in [0.717, 1.165) is 13.2 Å². The smallest absolute Gasteiger partial charge is 0.0848 e. The topological polar surface area (TPSA) is 12.5 Å². The Labute approximate surface area is 68.5 Å². The number of morpholine rings is 1. The molecule has 2 nitrogen and oxygen atoms in total. The van der Waals surface area contributed by atoms with E-state index in [1.807, 2.05) is 0 Å². The van der Waals surface area contributed by atoms with Gasteiger partial charge in [-0.3, -0.25) is 4.90 Å². The molecule has 0 unspecified atom stereocenters. The van der Waals surface area contributed by atoms with Gasteiger partial charge in [-0.15, -0.1) is 0 Å². The van der Waals surface area contributed by atoms with Crippen LogP contribution in [0.5, 0.6) is 0 Å². The Morgan fingerprint density at radius 1 is 1.55 bits per heavy atom. The molecule has 2 aliphatic rings. The van der Waals surface area contributed by atoms with Crippen LogP contribution in [0, 0.1) is 5.92 Å². The zero-order valence-electron chi connectivity index (χ0n) is 7.63. The third-order valence-electron chi connectivity index (χ3n) is 3.34. The van der Waals surface area contributed by atoms with E-state index < -0.39 is 0 Å². The maximum atomic E-state index is 5.83. The van der Waals surface area contributed by atoms with Gasteiger partial charge in [0.2, 0.25) is 0 Å². The zero-order chi connectivity index (χ0) is 8.06. The van der Waals surface area contributed by atoms with Crippen molar-refractivity contribution in [3.63, 3.8) is 0 Å². The highest BCUT2D eigenvalue weighted by Crippen LogP contribution is 2.41. The number of rotatable bonds is 1. The molecule has 0 aliphatic carbocycles. The lowest BCUT2D eigenvalue weighted by atomic mass is 9.90. The van der Waals surface area contributed by atoms with Gasteiger partial charge >= 0.3 is 0 Å². The van der Waals surface area contributed by atoms with Gasteiger partial charge in [0.25, 0.3) is 0 Å². The summed E-state index contributed by atoms with van der Waals surface area (Å²) in [5, 5.41) is 0. The van der Waals surface area contributed by atoms with E-state index in [0.29, 0.717) is 12.0 Å². The molecule has 2 atom stereocenters. The molecule has 2 aliphatic heterocycles. The van der Waals surface area contributed by atoms with Gasteiger partial charge in [-0.1, -0.05) is 13.8 Å². The third-order valence-corrected chi connectivity index (χ3v) is 3.34. The van der Waals surface area contributed by atoms with E-state index in [-0.39, 0.29) is 5.60 Å². The summed E-state index contributed by atoms with van der Waals surface area (Å²) in [6.07, 6.45) is 1.25. The minimum Gasteiger partial charge on any atom is -0.372 e. The molecule has 2 saturated heterocycles. The molecule has 2 heteroatoms. The van der Waals surface area contributed by atoms with Crippen LogP contribution in [0.3, 0.4) is 0 Å². The fourth-order valence-electron chi connectivity index (χ4n) is 2.31. The summed E-state index contributed by atoms with van der Waals surface area (Å²) in [4.78, 5) is 2.43. The molecule has 11 heavy (non-hydrogen) atoms. The van der Waals surface area contributed by atoms with Crippen molar-refractivity contribution in [2.24, 2.45) is 5.92 Å². The summed E-state index contributed by atoms with van der Waals surface area (Å²) in [6.45, 7) is 6.62. The number of likely N-dealkylation sites (tertiary alicyclic amines) is 1. The monoisotopic (exact) mass is 155 g/mol. The first-order valence-corrected chi connectivity index (χ1v) is 4.48. The van der Waals surface area contributed by atoms with Crippen molar-refractivity contribution in [1.29, 1.82) is 0 Å². The second-order valence-corrected chi connectivity index (χ2v) is 4.30. The predicted molar refractivity (Wildman–Crippen MR) is 44.6 cm³/mol. The van der Waals surface area contributed by atoms with Gasteiger partial charge < -0.3 is 4.74 Å². The van der Waals surface area contributed by atoms with Crippen molar-refractivity contribution in [2.45, 2.75) is 31.9 Å². The Morgan fingerprint density at radius 3 is 2.55 bits per heavy atom. The quantitative estimate of drug-likeness (QED) is 0.562. The van der Waals surface area contributed by atoms with Crippen molar-refractivity contribution in [2.75, 3.05) is 20.2 Å². The van der Waals surface area contributed by atoms with Crippen LogP contribution in [-0.4, -0.2) is 36.7 Å². The van der Waals surface area contributed by atoms with Crippen LogP contribution in [0.25, 0.3) is 0 Å². The van der Waals surface area contributed by atoms with Crippen molar-refractivity contribution in [3.8, 4) is 0 Å². The zero-order valence-corrected chi connectivity index (χ0v) is 7.63. The summed E-state index contributed by atoms with van der Waals surface area (Å²) in [6, 6.07) is 0.706. The van der Waals surface area contributed by atoms with Gasteiger partial charge in [-0.05, 0) is 19.4 Å². The molecule has 0 aromatic heterocycles. The highest BCUT2D eigenvalue weighted by molar-refractivity contribution is 5.03. The van der Waals surface area contributed by atoms with Crippen molar-refractivity contribution in [1.82, 2.24) is 4.90 Å². The first kappa shape index (κ1) is 7.56. The molecule has 2 bridgehead atoms. The summed E-state index contributed by atoms with van der Waals surface area (Å²) in [5.74, 6) is 0.664. The first-order valence-electron chi connectivity index (χ1n) is 4.48. The molecule has 64 valence electrons. The molecular formula is C9H17NO. The van der Waals surface area contributed by atoms with E-state index in [1.54, 1.807) is 0 Å². The van der Waals surface area contributed by atoms with Crippen molar-refractivity contribution in [3.05, 3.63) is 0 Å². The number of fused-ring (bicyclic) bond motifs is 2. The summed E-state index contributed by atoms with van der Waals surface area (Å²) >= 11 is 0. The lowest BCUT2D eigenvalue weighted by molar-refractivity contribution is -0.0664. The fourth-order valence-corrected chi connectivity index (χ4v) is 2.31. The predicted octanol–water partition coefficient (Wildman–Crippen LogP) is 1.12. The van der Waals surface area contributed by atoms with Gasteiger partial charge in [0.15, 0.2) is 0 Å². The van der Waals surface area contributed by atoms with Crippen LogP contribution in [0.2, 0.25) is 0 Å². The van der Waals surface area contributed by atoms with E-state index >= 15 is 0 Å². The number of likely N-dealkylation sites (N-methyl/N-ethyl adjacent to an activating group) is 1. The van der Waals surface area contributed by atoms with Crippen LogP contribution >= 0.6 is 0 Å². The molecule has 0 amide bonds. The van der Waals surface area contributed by atoms with Gasteiger partial charge in [-0.25, -0.2) is 0 Å². The molecule has 2 rings (SSSR count). The second kappa shape index (κ2) is 2.20. The van der Waals surface area contributed by atoms with E-state index in [2.05, 4.69) is 25.8 Å². The van der Waals surface area contributed by atoms with Crippen LogP contribution in [0.1, 0.15) is 20.3 Å². The second-order valence-electron chi connectivity index (χ2n) is 4.30. The molecule has 0 aromatic rings. The Balaban J connectivity index is 2.17. The highest BCUT2D eigenvalue weighted by atomic mass is 16.5. The highest BCUT2D eigenvalue weighted by Gasteiger charge is 2.51. The molecule has 0 radical (unpaired) electrons. The maximum Gasteiger partial charge on any atom is 0.0848 e. The Morgan fingerprint density at radius 2 is 2.27 bits per heavy atom. The molecule has 2 heterocycles. The van der Waals surface area contributed by atoms with E-state index in [9.17, 15) is 0 Å². The van der Waals surface area contributed by atoms with Gasteiger partial charge in [-0.2, -0.15) is 0 Å². The SMILES string of the molecule is CC(C)[C@]12C[C@H](CO1)N(C)C2. The van der Waals surface area contributed by atoms with E-state index in [1.165, 1.54) is 6.42 Å². The minimum absolute atomic E-state index is 0.208. The van der Waals surface area contributed by atoms with Crippen LogP contribution in [0.15, 0.2) is 0 Å². The normalized spacial score (nSPS) is 44.2. The number of nitrogens with zero attached hydrogens (tertiary/aromatic N) is 1. The lowest BCUT2D eigenvalue weighted by Gasteiger charge is -2.33. The number of hydrogen-bond acceptors (Lipinski definition) is 2. The van der Waals surface area contributed by atoms with Crippen molar-refractivity contribution < 1.29 is 4.74 Å². The van der Waals surface area contributed by atoms with Crippen molar-refractivity contribution >= 4 is 0 Å². The summed E-state index contributed by atoms with van der Waals surface area (Å²) < 4.78 is 5.83. The van der Waals surface area contributed by atoms with Crippen LogP contribution in [0.4, 0.5) is 0 Å². The molecule has 0 aromatic carbocycles. The number of ether oxygens (including phenoxy) is 1. The molecular weight excluding hydrogens is 138 g/mol. The van der Waals surface area contributed by atoms with Crippen LogP contribution < -0.4 is 0 Å². The van der Waals surface area contributed by atoms with Gasteiger partial charge in [0, 0.05) is 12.6 Å². The summed E-state index contributed by atoms with van der Waals surface area (Å²) in [5.41, 5.74) is 0.208. The van der Waals surface area contributed by atoms with E-state index in [4.69, 9.17) is 4.74 Å². The average molecular weight is 155 g/mol. The Kier molecular flexibility index (Phi) is 1.52. The molecule has 0 spiro atoms. The summed E-state index contributed by atoms with van der Waals surface area (Å²) in [7, 11) is 2.21. The minimum atomic E-state index is 0.208. The Bertz CT molecular complexity index is 165. The standard InChI is InChI=1S/C9H17NO/c1-7(2)9-4-8(5-11-9)10(3)6-9/h7-8H,4-6H2,1-3H3/t8-,9-/m1/s1. The largest absolute Gasteiger partial charge is 0.372 e. The molecule has 0 N–H and O–H groups in total. The molecule has 0 saturated carbocycles. The number of hydrogen-bond donors (Lipinski definition) is 0. The first-order chi connectivity index (χ1) is 5.14. The van der Waals surface area contributed by atoms with Gasteiger partial charge in [0.1, 0.15) is 0 Å². The van der Waals surface area contributed by atoms with Gasteiger partial charge in [0.05, 0.1) is 12.2 Å². The third kappa shape index (κ3) is 0.926. The Hall–Kier alpha value is -0.0800. The van der Waals surface area contributed by atoms with Crippen LogP contribution in [-0.2, 0) is 4.74 Å². The maximum absolute atomic E-state index is 5.83. The average Bonchev–Trinajstić information content (AvgIpc) is 2.44. The lowest BCUT2D eigenvalue weighted by Crippen LogP contribution is -2.43.